The number of hydrogen-bond acceptors (Lipinski definition) is 0. The Balaban J connectivity index is 2.36. The van der Waals surface area contributed by atoms with Gasteiger partial charge in [0, 0.05) is 0 Å². The molecule has 0 saturated heterocycles. The standard InChI is InChI=1S/C26H46F2/c1-8-25(27)26(28)24-16-15-23(17-22(24)7)14-11-19(4)10-13-21(6)20(5)12-9-18(2)3/h18-21,23H,8-17H2,1-7H3/b26-25-. The van der Waals surface area contributed by atoms with Crippen molar-refractivity contribution < 1.29 is 8.78 Å². The Morgan fingerprint density at radius 2 is 1.54 bits per heavy atom. The summed E-state index contributed by atoms with van der Waals surface area (Å²) in [5.41, 5.74) is 1.71. The Bertz CT molecular complexity index is 515. The molecule has 0 spiro atoms. The summed E-state index contributed by atoms with van der Waals surface area (Å²) in [7, 11) is 0. The van der Waals surface area contributed by atoms with E-state index in [9.17, 15) is 8.78 Å². The SMILES string of the molecule is CC/C(F)=C(/F)C1=C(C)CC(CCC(C)CCC(C)C(C)CCC(C)C)CC1. The number of rotatable bonds is 12. The minimum absolute atomic E-state index is 0.151. The van der Waals surface area contributed by atoms with E-state index in [1.165, 1.54) is 38.5 Å². The van der Waals surface area contributed by atoms with Crippen LogP contribution in [0.3, 0.4) is 0 Å². The molecular formula is C26H46F2. The van der Waals surface area contributed by atoms with Gasteiger partial charge in [-0.3, -0.25) is 0 Å². The Morgan fingerprint density at radius 3 is 2.07 bits per heavy atom. The monoisotopic (exact) mass is 396 g/mol. The number of hydrogen-bond donors (Lipinski definition) is 0. The molecule has 1 aliphatic carbocycles. The molecule has 2 heteroatoms. The first-order valence-corrected chi connectivity index (χ1v) is 11.9. The van der Waals surface area contributed by atoms with Crippen molar-refractivity contribution in [2.75, 3.05) is 0 Å². The molecule has 1 aliphatic rings. The smallest absolute Gasteiger partial charge is 0.157 e. The van der Waals surface area contributed by atoms with Crippen LogP contribution in [0.15, 0.2) is 22.8 Å². The van der Waals surface area contributed by atoms with Gasteiger partial charge in [-0.1, -0.05) is 79.2 Å². The van der Waals surface area contributed by atoms with Gasteiger partial charge in [-0.2, -0.15) is 0 Å². The van der Waals surface area contributed by atoms with Crippen molar-refractivity contribution in [2.24, 2.45) is 29.6 Å². The predicted molar refractivity (Wildman–Crippen MR) is 120 cm³/mol. The van der Waals surface area contributed by atoms with Crippen LogP contribution in [0.25, 0.3) is 0 Å². The Hall–Kier alpha value is -0.660. The fraction of sp³-hybridized carbons (Fsp3) is 0.846. The van der Waals surface area contributed by atoms with E-state index in [4.69, 9.17) is 0 Å². The second-order valence-electron chi connectivity index (χ2n) is 10.1. The Morgan fingerprint density at radius 1 is 0.929 bits per heavy atom. The highest BCUT2D eigenvalue weighted by Gasteiger charge is 2.23. The van der Waals surface area contributed by atoms with Crippen molar-refractivity contribution in [3.8, 4) is 0 Å². The van der Waals surface area contributed by atoms with Crippen LogP contribution in [0.2, 0.25) is 0 Å². The van der Waals surface area contributed by atoms with Crippen molar-refractivity contribution >= 4 is 0 Å². The summed E-state index contributed by atoms with van der Waals surface area (Å²) in [6.45, 7) is 15.5. The van der Waals surface area contributed by atoms with Crippen LogP contribution in [0.1, 0.15) is 113 Å². The lowest BCUT2D eigenvalue weighted by molar-refractivity contribution is 0.287. The van der Waals surface area contributed by atoms with Crippen LogP contribution in [0.5, 0.6) is 0 Å². The van der Waals surface area contributed by atoms with E-state index in [0.29, 0.717) is 17.9 Å². The van der Waals surface area contributed by atoms with E-state index >= 15 is 0 Å². The molecule has 0 aliphatic heterocycles. The highest BCUT2D eigenvalue weighted by atomic mass is 19.2. The summed E-state index contributed by atoms with van der Waals surface area (Å²) in [4.78, 5) is 0. The number of halogens is 2. The summed E-state index contributed by atoms with van der Waals surface area (Å²) in [5, 5.41) is 0. The maximum Gasteiger partial charge on any atom is 0.157 e. The lowest BCUT2D eigenvalue weighted by Gasteiger charge is -2.27. The first-order chi connectivity index (χ1) is 13.1. The van der Waals surface area contributed by atoms with Crippen molar-refractivity contribution in [3.63, 3.8) is 0 Å². The topological polar surface area (TPSA) is 0 Å². The van der Waals surface area contributed by atoms with Gasteiger partial charge in [0.1, 0.15) is 5.83 Å². The predicted octanol–water partition coefficient (Wildman–Crippen LogP) is 9.57. The van der Waals surface area contributed by atoms with Gasteiger partial charge in [-0.05, 0) is 74.2 Å². The molecule has 0 fully saturated rings. The minimum Gasteiger partial charge on any atom is -0.209 e. The van der Waals surface area contributed by atoms with Crippen molar-refractivity contribution in [1.82, 2.24) is 0 Å². The fourth-order valence-corrected chi connectivity index (χ4v) is 4.46. The molecule has 28 heavy (non-hydrogen) atoms. The molecule has 0 saturated carbocycles. The molecule has 0 bridgehead atoms. The van der Waals surface area contributed by atoms with Crippen LogP contribution in [-0.2, 0) is 0 Å². The average Bonchev–Trinajstić information content (AvgIpc) is 2.67. The summed E-state index contributed by atoms with van der Waals surface area (Å²) >= 11 is 0. The zero-order valence-corrected chi connectivity index (χ0v) is 19.7. The van der Waals surface area contributed by atoms with Gasteiger partial charge in [-0.15, -0.1) is 0 Å². The molecule has 0 aromatic heterocycles. The third-order valence-corrected chi connectivity index (χ3v) is 7.08. The third kappa shape index (κ3) is 8.78. The van der Waals surface area contributed by atoms with Gasteiger partial charge in [0.15, 0.2) is 5.83 Å². The van der Waals surface area contributed by atoms with Crippen LogP contribution in [0, 0.1) is 29.6 Å². The first kappa shape index (κ1) is 25.4. The molecule has 164 valence electrons. The van der Waals surface area contributed by atoms with Crippen molar-refractivity contribution in [1.29, 1.82) is 0 Å². The van der Waals surface area contributed by atoms with Crippen LogP contribution in [0.4, 0.5) is 8.78 Å². The van der Waals surface area contributed by atoms with Gasteiger partial charge in [-0.25, -0.2) is 8.78 Å². The zero-order valence-electron chi connectivity index (χ0n) is 19.7. The largest absolute Gasteiger partial charge is 0.209 e. The molecule has 0 heterocycles. The van der Waals surface area contributed by atoms with Gasteiger partial charge in [0.25, 0.3) is 0 Å². The summed E-state index contributed by atoms with van der Waals surface area (Å²) in [5.74, 6) is 2.69. The van der Waals surface area contributed by atoms with Crippen molar-refractivity contribution in [2.45, 2.75) is 113 Å². The van der Waals surface area contributed by atoms with Gasteiger partial charge in [0.2, 0.25) is 0 Å². The summed E-state index contributed by atoms with van der Waals surface area (Å²) in [6.07, 6.45) is 10.6. The molecule has 0 nitrogen and oxygen atoms in total. The lowest BCUT2D eigenvalue weighted by atomic mass is 9.79. The number of allylic oxidation sites excluding steroid dienone is 4. The molecule has 0 aromatic carbocycles. The van der Waals surface area contributed by atoms with Crippen LogP contribution >= 0.6 is 0 Å². The van der Waals surface area contributed by atoms with Gasteiger partial charge in [0.05, 0.1) is 0 Å². The quantitative estimate of drug-likeness (QED) is 0.308. The zero-order chi connectivity index (χ0) is 21.3. The highest BCUT2D eigenvalue weighted by Crippen LogP contribution is 2.38. The van der Waals surface area contributed by atoms with Crippen LogP contribution < -0.4 is 0 Å². The van der Waals surface area contributed by atoms with Gasteiger partial charge >= 0.3 is 0 Å². The molecular weight excluding hydrogens is 350 g/mol. The minimum atomic E-state index is -0.585. The Kier molecular flexibility index (Phi) is 11.6. The van der Waals surface area contributed by atoms with Crippen LogP contribution in [-0.4, -0.2) is 0 Å². The molecule has 0 aromatic rings. The molecule has 1 rings (SSSR count). The van der Waals surface area contributed by atoms with E-state index in [0.717, 1.165) is 42.1 Å². The second kappa shape index (κ2) is 12.8. The summed E-state index contributed by atoms with van der Waals surface area (Å²) in [6, 6.07) is 0. The lowest BCUT2D eigenvalue weighted by Crippen LogP contribution is -2.13. The Labute approximate surface area is 174 Å². The van der Waals surface area contributed by atoms with E-state index in [-0.39, 0.29) is 6.42 Å². The van der Waals surface area contributed by atoms with E-state index in [1.54, 1.807) is 6.92 Å². The van der Waals surface area contributed by atoms with E-state index < -0.39 is 11.7 Å². The molecule has 4 atom stereocenters. The molecule has 0 N–H and O–H groups in total. The highest BCUT2D eigenvalue weighted by molar-refractivity contribution is 5.33. The van der Waals surface area contributed by atoms with E-state index in [2.05, 4.69) is 34.6 Å². The molecule has 4 unspecified atom stereocenters. The fourth-order valence-electron chi connectivity index (χ4n) is 4.46. The summed E-state index contributed by atoms with van der Waals surface area (Å²) < 4.78 is 27.8. The van der Waals surface area contributed by atoms with E-state index in [1.807, 2.05) is 6.92 Å². The molecule has 0 amide bonds. The average molecular weight is 397 g/mol. The van der Waals surface area contributed by atoms with Gasteiger partial charge < -0.3 is 0 Å². The maximum atomic E-state index is 14.2. The second-order valence-corrected chi connectivity index (χ2v) is 10.1. The molecule has 0 radical (unpaired) electrons. The normalized spacial score (nSPS) is 22.3. The third-order valence-electron chi connectivity index (χ3n) is 7.08. The van der Waals surface area contributed by atoms with Crippen molar-refractivity contribution in [3.05, 3.63) is 22.8 Å². The first-order valence-electron chi connectivity index (χ1n) is 11.9. The maximum absolute atomic E-state index is 14.2.